The lowest BCUT2D eigenvalue weighted by molar-refractivity contribution is -0.141. The molecule has 0 aromatic heterocycles. The zero-order valence-corrected chi connectivity index (χ0v) is 13.3. The number of carboxylic acid groups (broad SMARTS) is 1. The summed E-state index contributed by atoms with van der Waals surface area (Å²) in [7, 11) is 1.84. The number of unbranched alkanes of at least 4 members (excludes halogenated alkanes) is 1. The van der Waals surface area contributed by atoms with Crippen LogP contribution in [0.2, 0.25) is 0 Å². The highest BCUT2D eigenvalue weighted by molar-refractivity contribution is 5.69. The maximum absolute atomic E-state index is 12.6. The Labute approximate surface area is 133 Å². The molecule has 0 amide bonds. The van der Waals surface area contributed by atoms with Crippen LogP contribution in [0, 0.1) is 5.92 Å². The second-order valence-corrected chi connectivity index (χ2v) is 5.58. The van der Waals surface area contributed by atoms with Crippen molar-refractivity contribution in [3.63, 3.8) is 0 Å². The maximum atomic E-state index is 12.6. The molecule has 130 valence electrons. The van der Waals surface area contributed by atoms with Gasteiger partial charge in [0.05, 0.1) is 18.1 Å². The molecule has 0 aliphatic rings. The number of alkyl halides is 3. The van der Waals surface area contributed by atoms with Gasteiger partial charge < -0.3 is 14.7 Å². The first-order chi connectivity index (χ1) is 10.7. The van der Waals surface area contributed by atoms with Crippen molar-refractivity contribution in [1.82, 2.24) is 4.90 Å². The third-order valence-corrected chi connectivity index (χ3v) is 3.37. The summed E-state index contributed by atoms with van der Waals surface area (Å²) in [6, 6.07) is 4.81. The molecule has 0 aliphatic heterocycles. The number of nitrogens with zero attached hydrogens (tertiary/aromatic N) is 1. The van der Waals surface area contributed by atoms with E-state index in [4.69, 9.17) is 9.84 Å². The number of aliphatic carboxylic acids is 1. The van der Waals surface area contributed by atoms with Crippen LogP contribution in [0.4, 0.5) is 13.2 Å². The molecule has 1 atom stereocenters. The molecule has 0 saturated carbocycles. The quantitative estimate of drug-likeness (QED) is 0.703. The first kappa shape index (κ1) is 19.3. The standard InChI is InChI=1S/C16H22F3NO3/c1-12(15(21)22)11-20(2)8-3-4-9-23-14-7-5-6-13(10-14)16(17,18)19/h5-7,10,12H,3-4,8-9,11H2,1-2H3,(H,21,22). The highest BCUT2D eigenvalue weighted by Gasteiger charge is 2.30. The van der Waals surface area contributed by atoms with Crippen LogP contribution < -0.4 is 4.74 Å². The van der Waals surface area contributed by atoms with Gasteiger partial charge in [0, 0.05) is 6.54 Å². The average Bonchev–Trinajstić information content (AvgIpc) is 2.46. The number of carboxylic acids is 1. The Bertz CT molecular complexity index is 506. The first-order valence-electron chi connectivity index (χ1n) is 7.41. The second-order valence-electron chi connectivity index (χ2n) is 5.58. The number of ether oxygens (including phenoxy) is 1. The van der Waals surface area contributed by atoms with E-state index in [1.54, 1.807) is 6.92 Å². The van der Waals surface area contributed by atoms with Gasteiger partial charge in [-0.25, -0.2) is 0 Å². The number of rotatable bonds is 9. The molecule has 0 aliphatic carbocycles. The molecule has 0 radical (unpaired) electrons. The van der Waals surface area contributed by atoms with Crippen molar-refractivity contribution in [3.05, 3.63) is 29.8 Å². The Kier molecular flexibility index (Phi) is 7.35. The normalized spacial score (nSPS) is 13.1. The number of carbonyl (C=O) groups is 1. The predicted octanol–water partition coefficient (Wildman–Crippen LogP) is 3.52. The van der Waals surface area contributed by atoms with Gasteiger partial charge in [-0.1, -0.05) is 13.0 Å². The number of hydrogen-bond donors (Lipinski definition) is 1. The molecule has 7 heteroatoms. The van der Waals surface area contributed by atoms with E-state index in [0.29, 0.717) is 26.1 Å². The minimum atomic E-state index is -4.37. The van der Waals surface area contributed by atoms with E-state index >= 15 is 0 Å². The molecule has 0 fully saturated rings. The zero-order chi connectivity index (χ0) is 17.5. The average molecular weight is 333 g/mol. The van der Waals surface area contributed by atoms with Crippen LogP contribution in [-0.2, 0) is 11.0 Å². The van der Waals surface area contributed by atoms with E-state index in [1.165, 1.54) is 12.1 Å². The summed E-state index contributed by atoms with van der Waals surface area (Å²) in [6.45, 7) is 3.15. The van der Waals surface area contributed by atoms with Crippen LogP contribution in [0.1, 0.15) is 25.3 Å². The van der Waals surface area contributed by atoms with Gasteiger partial charge in [0.1, 0.15) is 5.75 Å². The van der Waals surface area contributed by atoms with Crippen molar-refractivity contribution in [2.24, 2.45) is 5.92 Å². The molecule has 0 bridgehead atoms. The highest BCUT2D eigenvalue weighted by Crippen LogP contribution is 2.31. The lowest BCUT2D eigenvalue weighted by Gasteiger charge is -2.18. The molecule has 1 N–H and O–H groups in total. The van der Waals surface area contributed by atoms with E-state index in [-0.39, 0.29) is 5.75 Å². The molecule has 4 nitrogen and oxygen atoms in total. The van der Waals surface area contributed by atoms with Gasteiger partial charge in [0.25, 0.3) is 0 Å². The summed E-state index contributed by atoms with van der Waals surface area (Å²) in [4.78, 5) is 12.7. The Morgan fingerprint density at radius 2 is 2.04 bits per heavy atom. The lowest BCUT2D eigenvalue weighted by Crippen LogP contribution is -2.29. The summed E-state index contributed by atoms with van der Waals surface area (Å²) >= 11 is 0. The van der Waals surface area contributed by atoms with Gasteiger partial charge in [-0.2, -0.15) is 13.2 Å². The summed E-state index contributed by atoms with van der Waals surface area (Å²) < 4.78 is 43.0. The van der Waals surface area contributed by atoms with E-state index in [9.17, 15) is 18.0 Å². The molecule has 1 aromatic carbocycles. The zero-order valence-electron chi connectivity index (χ0n) is 13.3. The Morgan fingerprint density at radius 1 is 1.35 bits per heavy atom. The van der Waals surface area contributed by atoms with E-state index in [2.05, 4.69) is 0 Å². The van der Waals surface area contributed by atoms with E-state index < -0.39 is 23.6 Å². The fourth-order valence-corrected chi connectivity index (χ4v) is 2.07. The topological polar surface area (TPSA) is 49.8 Å². The van der Waals surface area contributed by atoms with Crippen LogP contribution in [0.3, 0.4) is 0 Å². The minimum Gasteiger partial charge on any atom is -0.494 e. The van der Waals surface area contributed by atoms with Crippen molar-refractivity contribution >= 4 is 5.97 Å². The molecular formula is C16H22F3NO3. The maximum Gasteiger partial charge on any atom is 0.416 e. The van der Waals surface area contributed by atoms with Crippen molar-refractivity contribution in [2.75, 3.05) is 26.7 Å². The number of benzene rings is 1. The fraction of sp³-hybridized carbons (Fsp3) is 0.562. The molecular weight excluding hydrogens is 311 g/mol. The SMILES string of the molecule is CC(CN(C)CCCCOc1cccc(C(F)(F)F)c1)C(=O)O. The Hall–Kier alpha value is -1.76. The highest BCUT2D eigenvalue weighted by atomic mass is 19.4. The van der Waals surface area contributed by atoms with Gasteiger partial charge in [-0.05, 0) is 44.6 Å². The summed E-state index contributed by atoms with van der Waals surface area (Å²) in [5.41, 5.74) is -0.725. The molecule has 0 heterocycles. The van der Waals surface area contributed by atoms with Crippen LogP contribution in [0.25, 0.3) is 0 Å². The van der Waals surface area contributed by atoms with Crippen LogP contribution in [0.5, 0.6) is 5.75 Å². The molecule has 1 unspecified atom stereocenters. The molecule has 0 saturated heterocycles. The van der Waals surface area contributed by atoms with Gasteiger partial charge >= 0.3 is 12.1 Å². The number of hydrogen-bond acceptors (Lipinski definition) is 3. The summed E-state index contributed by atoms with van der Waals surface area (Å²) in [5.74, 6) is -1.06. The van der Waals surface area contributed by atoms with Crippen molar-refractivity contribution in [3.8, 4) is 5.75 Å². The van der Waals surface area contributed by atoms with Crippen molar-refractivity contribution in [1.29, 1.82) is 0 Å². The third-order valence-electron chi connectivity index (χ3n) is 3.37. The second kappa shape index (κ2) is 8.76. The summed E-state index contributed by atoms with van der Waals surface area (Å²) in [6.07, 6.45) is -2.91. The van der Waals surface area contributed by atoms with Crippen LogP contribution in [-0.4, -0.2) is 42.7 Å². The van der Waals surface area contributed by atoms with Gasteiger partial charge in [-0.3, -0.25) is 4.79 Å². The monoisotopic (exact) mass is 333 g/mol. The Morgan fingerprint density at radius 3 is 2.65 bits per heavy atom. The molecule has 23 heavy (non-hydrogen) atoms. The first-order valence-corrected chi connectivity index (χ1v) is 7.41. The fourth-order valence-electron chi connectivity index (χ4n) is 2.07. The number of halogens is 3. The van der Waals surface area contributed by atoms with Crippen LogP contribution in [0.15, 0.2) is 24.3 Å². The van der Waals surface area contributed by atoms with Crippen LogP contribution >= 0.6 is 0 Å². The molecule has 1 rings (SSSR count). The van der Waals surface area contributed by atoms with Crippen molar-refractivity contribution in [2.45, 2.75) is 25.9 Å². The smallest absolute Gasteiger partial charge is 0.416 e. The van der Waals surface area contributed by atoms with Gasteiger partial charge in [0.15, 0.2) is 0 Å². The van der Waals surface area contributed by atoms with E-state index in [1.807, 2.05) is 11.9 Å². The lowest BCUT2D eigenvalue weighted by atomic mass is 10.1. The Balaban J connectivity index is 2.26. The molecule has 0 spiro atoms. The van der Waals surface area contributed by atoms with Gasteiger partial charge in [0.2, 0.25) is 0 Å². The molecule has 1 aromatic rings. The predicted molar refractivity (Wildman–Crippen MR) is 80.5 cm³/mol. The summed E-state index contributed by atoms with van der Waals surface area (Å²) in [5, 5.41) is 8.82. The van der Waals surface area contributed by atoms with Gasteiger partial charge in [-0.15, -0.1) is 0 Å². The van der Waals surface area contributed by atoms with E-state index in [0.717, 1.165) is 18.6 Å². The largest absolute Gasteiger partial charge is 0.494 e. The third kappa shape index (κ3) is 7.36. The van der Waals surface area contributed by atoms with Crippen molar-refractivity contribution < 1.29 is 27.8 Å². The minimum absolute atomic E-state index is 0.202.